The average molecular weight is 266 g/mol. The van der Waals surface area contributed by atoms with Gasteiger partial charge in [0.15, 0.2) is 5.78 Å². The molecule has 0 spiro atoms. The topological polar surface area (TPSA) is 17.1 Å². The monoisotopic (exact) mass is 266 g/mol. The molecule has 0 unspecified atom stereocenters. The van der Waals surface area contributed by atoms with Crippen LogP contribution < -0.4 is 0 Å². The van der Waals surface area contributed by atoms with Gasteiger partial charge in [0.05, 0.1) is 0 Å². The predicted molar refractivity (Wildman–Crippen MR) is 84.7 cm³/mol. The minimum absolute atomic E-state index is 0.131. The Kier molecular flexibility index (Phi) is 3.80. The molecule has 1 nitrogen and oxygen atoms in total. The minimum Gasteiger partial charge on any atom is -0.289 e. The lowest BCUT2D eigenvalue weighted by atomic mass is 9.86. The Hall–Kier alpha value is -1.89. The fourth-order valence-corrected chi connectivity index (χ4v) is 2.69. The predicted octanol–water partition coefficient (Wildman–Crippen LogP) is 4.77. The highest BCUT2D eigenvalue weighted by Crippen LogP contribution is 2.28. The minimum atomic E-state index is 0.131. The largest absolute Gasteiger partial charge is 0.289 e. The summed E-state index contributed by atoms with van der Waals surface area (Å²) in [5.41, 5.74) is 8.77. The molecule has 0 fully saturated rings. The first-order valence-corrected chi connectivity index (χ1v) is 7.03. The third kappa shape index (κ3) is 2.29. The molecule has 0 heterocycles. The van der Waals surface area contributed by atoms with Crippen molar-refractivity contribution in [1.82, 2.24) is 0 Å². The molecule has 20 heavy (non-hydrogen) atoms. The zero-order valence-corrected chi connectivity index (χ0v) is 13.2. The molecule has 0 saturated carbocycles. The Balaban J connectivity index is 2.64. The lowest BCUT2D eigenvalue weighted by molar-refractivity contribution is 0.103. The summed E-state index contributed by atoms with van der Waals surface area (Å²) in [6.07, 6.45) is 0. The summed E-state index contributed by atoms with van der Waals surface area (Å²) >= 11 is 0. The van der Waals surface area contributed by atoms with E-state index >= 15 is 0 Å². The van der Waals surface area contributed by atoms with E-state index in [9.17, 15) is 4.79 Å². The zero-order chi connectivity index (χ0) is 15.0. The molecule has 0 bridgehead atoms. The third-order valence-electron chi connectivity index (χ3n) is 4.54. The fourth-order valence-electron chi connectivity index (χ4n) is 2.69. The molecule has 0 N–H and O–H groups in total. The van der Waals surface area contributed by atoms with Crippen LogP contribution in [-0.2, 0) is 0 Å². The second-order valence-corrected chi connectivity index (χ2v) is 5.70. The van der Waals surface area contributed by atoms with Crippen LogP contribution in [0.5, 0.6) is 0 Å². The maximum absolute atomic E-state index is 12.8. The van der Waals surface area contributed by atoms with Crippen LogP contribution in [0, 0.1) is 41.5 Å². The lowest BCUT2D eigenvalue weighted by Gasteiger charge is -2.18. The van der Waals surface area contributed by atoms with Gasteiger partial charge in [-0.15, -0.1) is 0 Å². The number of carbonyl (C=O) groups is 1. The fraction of sp³-hybridized carbons (Fsp3) is 0.316. The third-order valence-corrected chi connectivity index (χ3v) is 4.54. The summed E-state index contributed by atoms with van der Waals surface area (Å²) in [4.78, 5) is 12.8. The Morgan fingerprint density at radius 1 is 0.650 bits per heavy atom. The SMILES string of the molecule is Cc1ccc(C(=O)c2c(C)c(C)c(C)c(C)c2C)cc1. The van der Waals surface area contributed by atoms with Crippen molar-refractivity contribution in [1.29, 1.82) is 0 Å². The van der Waals surface area contributed by atoms with Crippen molar-refractivity contribution in [2.24, 2.45) is 0 Å². The maximum Gasteiger partial charge on any atom is 0.193 e. The van der Waals surface area contributed by atoms with Crippen molar-refractivity contribution < 1.29 is 4.79 Å². The van der Waals surface area contributed by atoms with Gasteiger partial charge in [0.25, 0.3) is 0 Å². The number of hydrogen-bond donors (Lipinski definition) is 0. The summed E-state index contributed by atoms with van der Waals surface area (Å²) < 4.78 is 0. The maximum atomic E-state index is 12.8. The molecule has 0 saturated heterocycles. The molecule has 104 valence electrons. The molecule has 0 aliphatic rings. The van der Waals surface area contributed by atoms with Crippen LogP contribution in [0.25, 0.3) is 0 Å². The Bertz CT molecular complexity index is 647. The van der Waals surface area contributed by atoms with E-state index in [0.29, 0.717) is 0 Å². The standard InChI is InChI=1S/C19H22O/c1-11-7-9-17(10-8-11)19(20)18-15(5)13(3)12(2)14(4)16(18)6/h7-10H,1-6H3. The van der Waals surface area contributed by atoms with E-state index in [-0.39, 0.29) is 5.78 Å². The van der Waals surface area contributed by atoms with E-state index in [1.165, 1.54) is 22.3 Å². The van der Waals surface area contributed by atoms with Crippen molar-refractivity contribution >= 4 is 5.78 Å². The van der Waals surface area contributed by atoms with Crippen molar-refractivity contribution in [3.05, 3.63) is 68.8 Å². The normalized spacial score (nSPS) is 10.7. The Morgan fingerprint density at radius 3 is 1.50 bits per heavy atom. The van der Waals surface area contributed by atoms with Crippen LogP contribution in [0.3, 0.4) is 0 Å². The smallest absolute Gasteiger partial charge is 0.193 e. The summed E-state index contributed by atoms with van der Waals surface area (Å²) in [5.74, 6) is 0.131. The van der Waals surface area contributed by atoms with Crippen LogP contribution in [0.2, 0.25) is 0 Å². The van der Waals surface area contributed by atoms with Crippen molar-refractivity contribution in [3.8, 4) is 0 Å². The van der Waals surface area contributed by atoms with Crippen molar-refractivity contribution in [2.75, 3.05) is 0 Å². The first-order valence-electron chi connectivity index (χ1n) is 7.03. The van der Waals surface area contributed by atoms with E-state index in [0.717, 1.165) is 22.3 Å². The van der Waals surface area contributed by atoms with Crippen LogP contribution in [0.4, 0.5) is 0 Å². The van der Waals surface area contributed by atoms with Gasteiger partial charge in [-0.1, -0.05) is 29.8 Å². The molecule has 2 aromatic rings. The highest BCUT2D eigenvalue weighted by Gasteiger charge is 2.19. The summed E-state index contributed by atoms with van der Waals surface area (Å²) in [6.45, 7) is 12.5. The molecule has 0 aliphatic heterocycles. The summed E-state index contributed by atoms with van der Waals surface area (Å²) in [5, 5.41) is 0. The molecule has 2 aromatic carbocycles. The average Bonchev–Trinajstić information content (AvgIpc) is 2.44. The van der Waals surface area contributed by atoms with Gasteiger partial charge in [0.1, 0.15) is 0 Å². The molecule has 2 rings (SSSR count). The first kappa shape index (κ1) is 14.5. The first-order chi connectivity index (χ1) is 9.34. The van der Waals surface area contributed by atoms with Gasteiger partial charge in [-0.25, -0.2) is 0 Å². The number of aryl methyl sites for hydroxylation is 1. The molecular formula is C19H22O. The van der Waals surface area contributed by atoms with Crippen LogP contribution in [-0.4, -0.2) is 5.78 Å². The number of benzene rings is 2. The van der Waals surface area contributed by atoms with Crippen LogP contribution >= 0.6 is 0 Å². The van der Waals surface area contributed by atoms with Crippen molar-refractivity contribution in [2.45, 2.75) is 41.5 Å². The van der Waals surface area contributed by atoms with Gasteiger partial charge < -0.3 is 0 Å². The van der Waals surface area contributed by atoms with Crippen LogP contribution in [0.1, 0.15) is 49.3 Å². The van der Waals surface area contributed by atoms with Crippen LogP contribution in [0.15, 0.2) is 24.3 Å². The van der Waals surface area contributed by atoms with E-state index in [1.54, 1.807) is 0 Å². The molecule has 1 heteroatoms. The van der Waals surface area contributed by atoms with Gasteiger partial charge in [-0.3, -0.25) is 4.79 Å². The second-order valence-electron chi connectivity index (χ2n) is 5.70. The molecule has 0 aliphatic carbocycles. The Labute approximate surface area is 121 Å². The van der Waals surface area contributed by atoms with Gasteiger partial charge >= 0.3 is 0 Å². The van der Waals surface area contributed by atoms with E-state index in [4.69, 9.17) is 0 Å². The molecule has 0 amide bonds. The number of carbonyl (C=O) groups excluding carboxylic acids is 1. The van der Waals surface area contributed by atoms with Gasteiger partial charge in [-0.2, -0.15) is 0 Å². The lowest BCUT2D eigenvalue weighted by Crippen LogP contribution is -2.10. The quantitative estimate of drug-likeness (QED) is 0.716. The van der Waals surface area contributed by atoms with Gasteiger partial charge in [0.2, 0.25) is 0 Å². The highest BCUT2D eigenvalue weighted by atomic mass is 16.1. The summed E-state index contributed by atoms with van der Waals surface area (Å²) in [7, 11) is 0. The second kappa shape index (κ2) is 5.24. The molecule has 0 radical (unpaired) electrons. The van der Waals surface area contributed by atoms with E-state index in [2.05, 4.69) is 34.6 Å². The van der Waals surface area contributed by atoms with Gasteiger partial charge in [0, 0.05) is 11.1 Å². The number of rotatable bonds is 2. The summed E-state index contributed by atoms with van der Waals surface area (Å²) in [6, 6.07) is 7.82. The zero-order valence-electron chi connectivity index (χ0n) is 13.2. The van der Waals surface area contributed by atoms with Crippen molar-refractivity contribution in [3.63, 3.8) is 0 Å². The molecular weight excluding hydrogens is 244 g/mol. The van der Waals surface area contributed by atoms with Gasteiger partial charge in [-0.05, 0) is 69.4 Å². The molecule has 0 aromatic heterocycles. The van der Waals surface area contributed by atoms with E-state index in [1.807, 2.05) is 31.2 Å². The number of ketones is 1. The van der Waals surface area contributed by atoms with E-state index < -0.39 is 0 Å². The highest BCUT2D eigenvalue weighted by molar-refractivity contribution is 6.11. The molecule has 0 atom stereocenters. The Morgan fingerprint density at radius 2 is 1.05 bits per heavy atom. The number of hydrogen-bond acceptors (Lipinski definition) is 1.